The van der Waals surface area contributed by atoms with Crippen LogP contribution in [0.15, 0.2) is 18.6 Å². The van der Waals surface area contributed by atoms with Gasteiger partial charge in [-0.3, -0.25) is 14.6 Å². The summed E-state index contributed by atoms with van der Waals surface area (Å²) >= 11 is 0. The number of unbranched alkanes of at least 4 members (excludes halogenated alkanes) is 1. The molecule has 12 heteroatoms. The molecule has 27 heavy (non-hydrogen) atoms. The molecule has 0 aliphatic carbocycles. The van der Waals surface area contributed by atoms with Gasteiger partial charge in [0, 0.05) is 18.9 Å². The second-order valence-corrected chi connectivity index (χ2v) is 6.05. The molecule has 0 bridgehead atoms. The number of nitrogens with one attached hydrogen (secondary N) is 1. The number of nitrogens with zero attached hydrogens (tertiary/aromatic N) is 3. The van der Waals surface area contributed by atoms with Gasteiger partial charge in [0.1, 0.15) is 5.69 Å². The van der Waals surface area contributed by atoms with E-state index in [0.29, 0.717) is 17.7 Å². The number of hydrogen-bond donors (Lipinski definition) is 2. The predicted molar refractivity (Wildman–Crippen MR) is 89.9 cm³/mol. The first-order valence-electron chi connectivity index (χ1n) is 7.98. The van der Waals surface area contributed by atoms with E-state index in [-0.39, 0.29) is 31.1 Å². The number of amides is 2. The van der Waals surface area contributed by atoms with E-state index in [1.165, 1.54) is 18.6 Å². The van der Waals surface area contributed by atoms with Gasteiger partial charge in [0.2, 0.25) is 5.91 Å². The van der Waals surface area contributed by atoms with Crippen molar-refractivity contribution in [3.05, 3.63) is 24.3 Å². The topological polar surface area (TPSA) is 101 Å². The molecular weight excluding hydrogens is 394 g/mol. The van der Waals surface area contributed by atoms with Crippen molar-refractivity contribution in [1.29, 1.82) is 0 Å². The minimum absolute atomic E-state index is 0. The summed E-state index contributed by atoms with van der Waals surface area (Å²) in [5, 5.41) is 2.60. The van der Waals surface area contributed by atoms with Crippen LogP contribution >= 0.6 is 12.4 Å². The van der Waals surface area contributed by atoms with Crippen molar-refractivity contribution in [2.75, 3.05) is 19.6 Å². The SMILES string of the molecule is Cl.N[C@@H](CCCCNC(=O)c1cnccn1)C(=O)N1CC(F)(F)C(F)(F)C1. The Morgan fingerprint density at radius 1 is 1.19 bits per heavy atom. The van der Waals surface area contributed by atoms with Crippen LogP contribution in [0, 0.1) is 0 Å². The van der Waals surface area contributed by atoms with Crippen molar-refractivity contribution < 1.29 is 27.2 Å². The number of alkyl halides is 4. The molecule has 3 N–H and O–H groups in total. The van der Waals surface area contributed by atoms with Crippen molar-refractivity contribution in [3.63, 3.8) is 0 Å². The Labute approximate surface area is 159 Å². The maximum absolute atomic E-state index is 13.1. The van der Waals surface area contributed by atoms with Crippen molar-refractivity contribution in [3.8, 4) is 0 Å². The summed E-state index contributed by atoms with van der Waals surface area (Å²) in [6.45, 7) is -2.38. The lowest BCUT2D eigenvalue weighted by molar-refractivity contribution is -0.172. The third-order valence-corrected chi connectivity index (χ3v) is 3.97. The Kier molecular flexibility index (Phi) is 7.90. The monoisotopic (exact) mass is 413 g/mol. The molecule has 0 spiro atoms. The number of halogens is 5. The van der Waals surface area contributed by atoms with Crippen molar-refractivity contribution in [2.24, 2.45) is 5.73 Å². The fraction of sp³-hybridized carbons (Fsp3) is 0.600. The van der Waals surface area contributed by atoms with Gasteiger partial charge >= 0.3 is 11.8 Å². The minimum Gasteiger partial charge on any atom is -0.351 e. The number of carbonyl (C=O) groups is 2. The smallest absolute Gasteiger partial charge is 0.329 e. The second-order valence-electron chi connectivity index (χ2n) is 6.05. The largest absolute Gasteiger partial charge is 0.351 e. The average Bonchev–Trinajstić information content (AvgIpc) is 2.82. The number of hydrogen-bond acceptors (Lipinski definition) is 5. The van der Waals surface area contributed by atoms with Gasteiger partial charge in [-0.05, 0) is 19.3 Å². The number of rotatable bonds is 7. The molecule has 7 nitrogen and oxygen atoms in total. The number of carbonyl (C=O) groups excluding carboxylic acids is 2. The number of aromatic nitrogens is 2. The highest BCUT2D eigenvalue weighted by Crippen LogP contribution is 2.41. The molecule has 1 fully saturated rings. The van der Waals surface area contributed by atoms with E-state index in [1.54, 1.807) is 0 Å². The quantitative estimate of drug-likeness (QED) is 0.517. The van der Waals surface area contributed by atoms with Gasteiger partial charge in [-0.2, -0.15) is 17.6 Å². The summed E-state index contributed by atoms with van der Waals surface area (Å²) in [4.78, 5) is 31.6. The van der Waals surface area contributed by atoms with Crippen molar-refractivity contribution in [2.45, 2.75) is 37.1 Å². The zero-order valence-corrected chi connectivity index (χ0v) is 15.0. The summed E-state index contributed by atoms with van der Waals surface area (Å²) in [5.74, 6) is -9.81. The minimum atomic E-state index is -4.24. The van der Waals surface area contributed by atoms with E-state index in [9.17, 15) is 27.2 Å². The molecule has 0 aromatic carbocycles. The van der Waals surface area contributed by atoms with Crippen LogP contribution in [0.5, 0.6) is 0 Å². The highest BCUT2D eigenvalue weighted by atomic mass is 35.5. The van der Waals surface area contributed by atoms with Gasteiger partial charge in [0.25, 0.3) is 5.91 Å². The molecule has 1 aliphatic heterocycles. The first-order chi connectivity index (χ1) is 12.1. The third kappa shape index (κ3) is 5.73. The standard InChI is InChI=1S/C15H19F4N5O2.ClH/c16-14(17)8-24(9-15(14,18)19)13(26)10(20)3-1-2-4-23-12(25)11-7-21-5-6-22-11;/h5-7,10H,1-4,8-9,20H2,(H,23,25);1H/t10-;/m0./s1. The molecule has 0 unspecified atom stereocenters. The summed E-state index contributed by atoms with van der Waals surface area (Å²) in [6.07, 6.45) is 5.14. The molecule has 1 aromatic rings. The summed E-state index contributed by atoms with van der Waals surface area (Å²) < 4.78 is 52.5. The van der Waals surface area contributed by atoms with Crippen LogP contribution in [-0.2, 0) is 4.79 Å². The van der Waals surface area contributed by atoms with Crippen LogP contribution in [-0.4, -0.2) is 64.2 Å². The highest BCUT2D eigenvalue weighted by Gasteiger charge is 2.64. The van der Waals surface area contributed by atoms with Crippen molar-refractivity contribution in [1.82, 2.24) is 20.2 Å². The zero-order valence-electron chi connectivity index (χ0n) is 14.2. The third-order valence-electron chi connectivity index (χ3n) is 3.97. The number of likely N-dealkylation sites (tertiary alicyclic amines) is 1. The summed E-state index contributed by atoms with van der Waals surface area (Å²) in [7, 11) is 0. The van der Waals surface area contributed by atoms with Gasteiger partial charge in [0.15, 0.2) is 0 Å². The molecule has 152 valence electrons. The lowest BCUT2D eigenvalue weighted by Gasteiger charge is -2.19. The van der Waals surface area contributed by atoms with Crippen LogP contribution < -0.4 is 11.1 Å². The Hall–Kier alpha value is -2.01. The van der Waals surface area contributed by atoms with Crippen LogP contribution in [0.1, 0.15) is 29.8 Å². The van der Waals surface area contributed by atoms with Crippen molar-refractivity contribution >= 4 is 24.2 Å². The van der Waals surface area contributed by atoms with Gasteiger partial charge in [0.05, 0.1) is 25.3 Å². The molecule has 1 aliphatic rings. The normalized spacial score (nSPS) is 18.5. The second kappa shape index (κ2) is 9.27. The molecule has 2 heterocycles. The molecule has 2 amide bonds. The molecule has 2 rings (SSSR count). The molecule has 1 saturated heterocycles. The van der Waals surface area contributed by atoms with Gasteiger partial charge < -0.3 is 16.0 Å². The first kappa shape index (κ1) is 23.0. The van der Waals surface area contributed by atoms with Crippen LogP contribution in [0.4, 0.5) is 17.6 Å². The highest BCUT2D eigenvalue weighted by molar-refractivity contribution is 5.91. The first-order valence-corrected chi connectivity index (χ1v) is 7.98. The maximum Gasteiger partial charge on any atom is 0.329 e. The van der Waals surface area contributed by atoms with Crippen LogP contribution in [0.3, 0.4) is 0 Å². The van der Waals surface area contributed by atoms with Crippen LogP contribution in [0.25, 0.3) is 0 Å². The molecule has 1 aromatic heterocycles. The summed E-state index contributed by atoms with van der Waals surface area (Å²) in [6, 6.07) is -1.14. The molecular formula is C15H20ClF4N5O2. The van der Waals surface area contributed by atoms with E-state index >= 15 is 0 Å². The lowest BCUT2D eigenvalue weighted by Crippen LogP contribution is -2.43. The van der Waals surface area contributed by atoms with E-state index in [1.807, 2.05) is 0 Å². The van der Waals surface area contributed by atoms with Crippen LogP contribution in [0.2, 0.25) is 0 Å². The number of nitrogens with two attached hydrogens (primary N) is 1. The molecule has 0 saturated carbocycles. The Bertz CT molecular complexity index is 634. The zero-order chi connectivity index (χ0) is 19.4. The Balaban J connectivity index is 0.00000364. The van der Waals surface area contributed by atoms with E-state index in [4.69, 9.17) is 5.73 Å². The lowest BCUT2D eigenvalue weighted by atomic mass is 10.1. The van der Waals surface area contributed by atoms with E-state index < -0.39 is 42.8 Å². The fourth-order valence-corrected chi connectivity index (χ4v) is 2.48. The van der Waals surface area contributed by atoms with Gasteiger partial charge in [-0.15, -0.1) is 12.4 Å². The Morgan fingerprint density at radius 3 is 2.37 bits per heavy atom. The Morgan fingerprint density at radius 2 is 1.81 bits per heavy atom. The molecule has 1 atom stereocenters. The average molecular weight is 414 g/mol. The predicted octanol–water partition coefficient (Wildman–Crippen LogP) is 1.24. The summed E-state index contributed by atoms with van der Waals surface area (Å²) in [5.41, 5.74) is 5.78. The molecule has 0 radical (unpaired) electrons. The van der Waals surface area contributed by atoms with Gasteiger partial charge in [-0.1, -0.05) is 0 Å². The van der Waals surface area contributed by atoms with E-state index in [0.717, 1.165) is 0 Å². The fourth-order valence-electron chi connectivity index (χ4n) is 2.48. The maximum atomic E-state index is 13.1. The van der Waals surface area contributed by atoms with E-state index in [2.05, 4.69) is 15.3 Å². The van der Waals surface area contributed by atoms with Gasteiger partial charge in [-0.25, -0.2) is 4.98 Å².